The molecule has 0 bridgehead atoms. The second-order valence-electron chi connectivity index (χ2n) is 7.12. The smallest absolute Gasteiger partial charge is 0.407 e. The van der Waals surface area contributed by atoms with Crippen molar-refractivity contribution in [1.82, 2.24) is 15.1 Å². The van der Waals surface area contributed by atoms with Gasteiger partial charge >= 0.3 is 6.09 Å². The van der Waals surface area contributed by atoms with Crippen LogP contribution in [0.2, 0.25) is 0 Å². The minimum absolute atomic E-state index is 0.375. The zero-order chi connectivity index (χ0) is 17.8. The summed E-state index contributed by atoms with van der Waals surface area (Å²) >= 11 is 0. The summed E-state index contributed by atoms with van der Waals surface area (Å²) in [6.07, 6.45) is 3.19. The highest BCUT2D eigenvalue weighted by Gasteiger charge is 2.27. The Morgan fingerprint density at radius 1 is 1.25 bits per heavy atom. The van der Waals surface area contributed by atoms with E-state index in [1.54, 1.807) is 10.9 Å². The average molecular weight is 330 g/mol. The van der Waals surface area contributed by atoms with Crippen molar-refractivity contribution < 1.29 is 9.53 Å². The summed E-state index contributed by atoms with van der Waals surface area (Å²) in [6.45, 7) is 8.34. The first kappa shape index (κ1) is 18.0. The topological polar surface area (TPSA) is 82.2 Å². The zero-order valence-electron chi connectivity index (χ0n) is 14.7. The van der Waals surface area contributed by atoms with E-state index in [0.717, 1.165) is 11.3 Å². The molecule has 0 aliphatic heterocycles. The van der Waals surface area contributed by atoms with Crippen LogP contribution in [0.25, 0.3) is 5.69 Å². The summed E-state index contributed by atoms with van der Waals surface area (Å²) in [4.78, 5) is 11.9. The highest BCUT2D eigenvalue weighted by Crippen LogP contribution is 2.23. The lowest BCUT2D eigenvalue weighted by atomic mass is 9.82. The molecule has 1 aromatic heterocycles. The molecule has 2 rings (SSSR count). The van der Waals surface area contributed by atoms with Crippen molar-refractivity contribution >= 4 is 6.09 Å². The number of benzene rings is 1. The number of carbonyl (C=O) groups excluding carboxylic acids is 1. The zero-order valence-corrected chi connectivity index (χ0v) is 14.7. The average Bonchev–Trinajstić information content (AvgIpc) is 3.05. The molecule has 24 heavy (non-hydrogen) atoms. The molecule has 0 fully saturated rings. The van der Waals surface area contributed by atoms with E-state index >= 15 is 0 Å². The first-order valence-electron chi connectivity index (χ1n) is 8.01. The van der Waals surface area contributed by atoms with Crippen LogP contribution in [0.4, 0.5) is 4.79 Å². The number of alkyl carbamates (subject to hydrolysis) is 1. The predicted molar refractivity (Wildman–Crippen MR) is 94.2 cm³/mol. The van der Waals surface area contributed by atoms with Crippen LogP contribution in [0, 0.1) is 0 Å². The first-order chi connectivity index (χ1) is 11.2. The molecule has 0 saturated heterocycles. The Bertz CT molecular complexity index is 659. The van der Waals surface area contributed by atoms with Crippen molar-refractivity contribution in [2.75, 3.05) is 13.1 Å². The van der Waals surface area contributed by atoms with Crippen molar-refractivity contribution in [3.8, 4) is 5.69 Å². The predicted octanol–water partition coefficient (Wildman–Crippen LogP) is 2.61. The third-order valence-corrected chi connectivity index (χ3v) is 3.81. The van der Waals surface area contributed by atoms with Crippen LogP contribution < -0.4 is 11.1 Å². The van der Waals surface area contributed by atoms with Gasteiger partial charge in [-0.25, -0.2) is 9.48 Å². The second-order valence-corrected chi connectivity index (χ2v) is 7.12. The largest absolute Gasteiger partial charge is 0.444 e. The Hall–Kier alpha value is -2.34. The maximum Gasteiger partial charge on any atom is 0.407 e. The molecule has 6 heteroatoms. The van der Waals surface area contributed by atoms with Gasteiger partial charge in [0.25, 0.3) is 0 Å². The van der Waals surface area contributed by atoms with Gasteiger partial charge in [0.05, 0.1) is 5.69 Å². The molecule has 6 nitrogen and oxygen atoms in total. The first-order valence-corrected chi connectivity index (χ1v) is 8.01. The quantitative estimate of drug-likeness (QED) is 0.883. The lowest BCUT2D eigenvalue weighted by molar-refractivity contribution is 0.0516. The Labute approximate surface area is 143 Å². The van der Waals surface area contributed by atoms with E-state index in [0.29, 0.717) is 13.1 Å². The molecule has 2 aromatic rings. The fourth-order valence-electron chi connectivity index (χ4n) is 2.31. The highest BCUT2D eigenvalue weighted by molar-refractivity contribution is 5.67. The molecule has 0 saturated carbocycles. The number of hydrogen-bond acceptors (Lipinski definition) is 4. The maximum atomic E-state index is 11.9. The minimum atomic E-state index is -0.519. The number of nitrogens with two attached hydrogens (primary N) is 1. The van der Waals surface area contributed by atoms with Gasteiger partial charge in [-0.15, -0.1) is 0 Å². The Kier molecular flexibility index (Phi) is 5.29. The molecular weight excluding hydrogens is 304 g/mol. The number of aromatic nitrogens is 2. The van der Waals surface area contributed by atoms with Crippen LogP contribution in [-0.2, 0) is 10.2 Å². The summed E-state index contributed by atoms with van der Waals surface area (Å²) in [5.74, 6) is 0. The van der Waals surface area contributed by atoms with Gasteiger partial charge in [0.15, 0.2) is 0 Å². The number of hydrogen-bond donors (Lipinski definition) is 2. The SMILES string of the molecule is CC(C)(C)OC(=O)NCC(C)(CN)c1ccc(-n2cccn2)cc1. The van der Waals surface area contributed by atoms with Crippen LogP contribution in [0.15, 0.2) is 42.7 Å². The molecule has 0 aliphatic rings. The van der Waals surface area contributed by atoms with Gasteiger partial charge in [0.2, 0.25) is 0 Å². The lowest BCUT2D eigenvalue weighted by Crippen LogP contribution is -2.45. The second kappa shape index (κ2) is 7.05. The van der Waals surface area contributed by atoms with Gasteiger partial charge in [0.1, 0.15) is 5.60 Å². The van der Waals surface area contributed by atoms with E-state index in [1.165, 1.54) is 0 Å². The molecule has 1 amide bonds. The minimum Gasteiger partial charge on any atom is -0.444 e. The molecule has 130 valence electrons. The molecule has 1 aromatic carbocycles. The van der Waals surface area contributed by atoms with Gasteiger partial charge in [-0.2, -0.15) is 5.10 Å². The van der Waals surface area contributed by atoms with Gasteiger partial charge in [-0.3, -0.25) is 0 Å². The molecule has 1 heterocycles. The van der Waals surface area contributed by atoms with E-state index in [9.17, 15) is 4.79 Å². The molecule has 0 spiro atoms. The molecule has 1 unspecified atom stereocenters. The van der Waals surface area contributed by atoms with Crippen molar-refractivity contribution in [1.29, 1.82) is 0 Å². The van der Waals surface area contributed by atoms with Crippen molar-refractivity contribution in [2.24, 2.45) is 5.73 Å². The third-order valence-electron chi connectivity index (χ3n) is 3.81. The monoisotopic (exact) mass is 330 g/mol. The third kappa shape index (κ3) is 4.58. The van der Waals surface area contributed by atoms with Crippen LogP contribution in [0.5, 0.6) is 0 Å². The van der Waals surface area contributed by atoms with E-state index in [1.807, 2.05) is 64.2 Å². The highest BCUT2D eigenvalue weighted by atomic mass is 16.6. The van der Waals surface area contributed by atoms with Crippen LogP contribution in [0.1, 0.15) is 33.3 Å². The molecule has 0 radical (unpaired) electrons. The van der Waals surface area contributed by atoms with Crippen molar-refractivity contribution in [3.05, 3.63) is 48.3 Å². The standard InChI is InChI=1S/C18H26N4O2/c1-17(2,3)24-16(23)20-13-18(4,12-19)14-6-8-15(9-7-14)22-11-5-10-21-22/h5-11H,12-13,19H2,1-4H3,(H,20,23). The summed E-state index contributed by atoms with van der Waals surface area (Å²) < 4.78 is 7.07. The number of ether oxygens (including phenoxy) is 1. The number of nitrogens with zero attached hydrogens (tertiary/aromatic N) is 2. The normalized spacial score (nSPS) is 14.0. The number of nitrogens with one attached hydrogen (secondary N) is 1. The Morgan fingerprint density at radius 3 is 2.42 bits per heavy atom. The van der Waals surface area contributed by atoms with Crippen molar-refractivity contribution in [3.63, 3.8) is 0 Å². The maximum absolute atomic E-state index is 11.9. The summed E-state index contributed by atoms with van der Waals surface area (Å²) in [5, 5.41) is 7.02. The summed E-state index contributed by atoms with van der Waals surface area (Å²) in [5.41, 5.74) is 7.11. The van der Waals surface area contributed by atoms with Gasteiger partial charge in [-0.1, -0.05) is 19.1 Å². The van der Waals surface area contributed by atoms with E-state index in [-0.39, 0.29) is 5.41 Å². The van der Waals surface area contributed by atoms with Crippen LogP contribution in [-0.4, -0.2) is 34.6 Å². The molecule has 1 atom stereocenters. The van der Waals surface area contributed by atoms with E-state index < -0.39 is 11.7 Å². The summed E-state index contributed by atoms with van der Waals surface area (Å²) in [7, 11) is 0. The van der Waals surface area contributed by atoms with Gasteiger partial charge in [-0.05, 0) is 44.5 Å². The lowest BCUT2D eigenvalue weighted by Gasteiger charge is -2.30. The van der Waals surface area contributed by atoms with Crippen molar-refractivity contribution in [2.45, 2.75) is 38.7 Å². The van der Waals surface area contributed by atoms with Gasteiger partial charge in [0, 0.05) is 30.9 Å². The van der Waals surface area contributed by atoms with Gasteiger partial charge < -0.3 is 15.8 Å². The molecular formula is C18H26N4O2. The van der Waals surface area contributed by atoms with Crippen LogP contribution >= 0.6 is 0 Å². The van der Waals surface area contributed by atoms with E-state index in [2.05, 4.69) is 10.4 Å². The van der Waals surface area contributed by atoms with E-state index in [4.69, 9.17) is 10.5 Å². The molecule has 3 N–H and O–H groups in total. The summed E-state index contributed by atoms with van der Waals surface area (Å²) in [6, 6.07) is 9.89. The number of rotatable bonds is 5. The van der Waals surface area contributed by atoms with Crippen LogP contribution in [0.3, 0.4) is 0 Å². The molecule has 0 aliphatic carbocycles. The number of amides is 1. The Morgan fingerprint density at radius 2 is 1.92 bits per heavy atom. The fraction of sp³-hybridized carbons (Fsp3) is 0.444. The number of carbonyl (C=O) groups is 1. The Balaban J connectivity index is 2.07. The fourth-order valence-corrected chi connectivity index (χ4v) is 2.31.